The number of rotatable bonds is 6. The van der Waals surface area contributed by atoms with Gasteiger partial charge in [0.1, 0.15) is 0 Å². The first-order chi connectivity index (χ1) is 7.26. The fourth-order valence-electron chi connectivity index (χ4n) is 2.51. The van der Waals surface area contributed by atoms with E-state index in [0.717, 1.165) is 17.2 Å². The maximum atomic E-state index is 3.76. The molecule has 1 N–H and O–H groups in total. The quantitative estimate of drug-likeness (QED) is 0.745. The minimum Gasteiger partial charge on any atom is -0.314 e. The molecule has 1 saturated carbocycles. The van der Waals surface area contributed by atoms with Crippen LogP contribution in [0.25, 0.3) is 0 Å². The molecular weight excluding hydrogens is 202 g/mol. The first-order valence-corrected chi connectivity index (χ1v) is 7.81. The minimum atomic E-state index is 0.801. The van der Waals surface area contributed by atoms with Gasteiger partial charge in [-0.15, -0.1) is 0 Å². The van der Waals surface area contributed by atoms with Crippen molar-refractivity contribution >= 4 is 11.8 Å². The van der Waals surface area contributed by atoms with E-state index in [4.69, 9.17) is 0 Å². The zero-order valence-corrected chi connectivity index (χ0v) is 11.4. The van der Waals surface area contributed by atoms with Gasteiger partial charge in [0, 0.05) is 11.3 Å². The Balaban J connectivity index is 2.14. The maximum Gasteiger partial charge on any atom is 0.00777 e. The predicted molar refractivity (Wildman–Crippen MR) is 71.6 cm³/mol. The van der Waals surface area contributed by atoms with Crippen molar-refractivity contribution in [1.82, 2.24) is 5.32 Å². The van der Waals surface area contributed by atoms with Crippen LogP contribution in [-0.4, -0.2) is 24.1 Å². The summed E-state index contributed by atoms with van der Waals surface area (Å²) in [5.41, 5.74) is 0. The maximum absolute atomic E-state index is 3.76. The van der Waals surface area contributed by atoms with Crippen molar-refractivity contribution in [3.05, 3.63) is 0 Å². The van der Waals surface area contributed by atoms with Crippen LogP contribution in [0, 0.1) is 5.92 Å². The second kappa shape index (κ2) is 7.56. The van der Waals surface area contributed by atoms with Crippen molar-refractivity contribution in [1.29, 1.82) is 0 Å². The molecule has 0 saturated heterocycles. The molecule has 0 spiro atoms. The molecule has 0 bridgehead atoms. The van der Waals surface area contributed by atoms with Crippen molar-refractivity contribution in [3.63, 3.8) is 0 Å². The van der Waals surface area contributed by atoms with E-state index in [1.807, 2.05) is 0 Å². The molecule has 0 radical (unpaired) electrons. The van der Waals surface area contributed by atoms with Gasteiger partial charge in [-0.1, -0.05) is 26.7 Å². The lowest BCUT2D eigenvalue weighted by Crippen LogP contribution is -2.37. The minimum absolute atomic E-state index is 0.801. The van der Waals surface area contributed by atoms with E-state index in [9.17, 15) is 0 Å². The Hall–Kier alpha value is 0.310. The summed E-state index contributed by atoms with van der Waals surface area (Å²) >= 11 is 2.05. The lowest BCUT2D eigenvalue weighted by Gasteiger charge is -2.29. The van der Waals surface area contributed by atoms with E-state index in [1.54, 1.807) is 0 Å². The number of nitrogens with one attached hydrogen (secondary N) is 1. The standard InChI is InChI=1S/C13H27NS/c1-4-6-11(2)10-14-12-7-5-8-13(9-12)15-3/h11-14H,4-10H2,1-3H3. The van der Waals surface area contributed by atoms with Gasteiger partial charge in [0.15, 0.2) is 0 Å². The highest BCUT2D eigenvalue weighted by Crippen LogP contribution is 2.26. The molecule has 2 heteroatoms. The van der Waals surface area contributed by atoms with E-state index < -0.39 is 0 Å². The molecule has 3 unspecified atom stereocenters. The van der Waals surface area contributed by atoms with E-state index in [1.165, 1.54) is 45.1 Å². The Morgan fingerprint density at radius 2 is 2.20 bits per heavy atom. The molecule has 1 aliphatic rings. The molecule has 0 aromatic carbocycles. The van der Waals surface area contributed by atoms with Gasteiger partial charge < -0.3 is 5.32 Å². The van der Waals surface area contributed by atoms with Gasteiger partial charge in [-0.25, -0.2) is 0 Å². The van der Waals surface area contributed by atoms with Crippen LogP contribution in [-0.2, 0) is 0 Å². The third kappa shape index (κ3) is 5.26. The monoisotopic (exact) mass is 229 g/mol. The Morgan fingerprint density at radius 3 is 2.87 bits per heavy atom. The van der Waals surface area contributed by atoms with Crippen molar-refractivity contribution in [2.24, 2.45) is 5.92 Å². The molecule has 90 valence electrons. The fourth-order valence-corrected chi connectivity index (χ4v) is 3.33. The Kier molecular flexibility index (Phi) is 6.74. The number of hydrogen-bond donors (Lipinski definition) is 1. The third-order valence-corrected chi connectivity index (χ3v) is 4.59. The molecule has 0 heterocycles. The lowest BCUT2D eigenvalue weighted by molar-refractivity contribution is 0.352. The van der Waals surface area contributed by atoms with Gasteiger partial charge >= 0.3 is 0 Å². The molecule has 1 aliphatic carbocycles. The SMILES string of the molecule is CCCC(C)CNC1CCCC(SC)C1. The highest BCUT2D eigenvalue weighted by atomic mass is 32.2. The second-order valence-electron chi connectivity index (χ2n) is 5.02. The number of thioether (sulfide) groups is 1. The van der Waals surface area contributed by atoms with E-state index >= 15 is 0 Å². The summed E-state index contributed by atoms with van der Waals surface area (Å²) in [4.78, 5) is 0. The van der Waals surface area contributed by atoms with Crippen LogP contribution in [0.1, 0.15) is 52.4 Å². The highest BCUT2D eigenvalue weighted by Gasteiger charge is 2.20. The molecule has 3 atom stereocenters. The van der Waals surface area contributed by atoms with Crippen molar-refractivity contribution in [2.75, 3.05) is 12.8 Å². The lowest BCUT2D eigenvalue weighted by atomic mass is 9.94. The van der Waals surface area contributed by atoms with E-state index in [2.05, 4.69) is 37.2 Å². The summed E-state index contributed by atoms with van der Waals surface area (Å²) in [5, 5.41) is 4.67. The normalized spacial score (nSPS) is 29.0. The summed E-state index contributed by atoms with van der Waals surface area (Å²) in [6.45, 7) is 5.87. The van der Waals surface area contributed by atoms with Gasteiger partial charge in [0.05, 0.1) is 0 Å². The average Bonchev–Trinajstić information content (AvgIpc) is 2.27. The predicted octanol–water partition coefficient (Wildman–Crippen LogP) is 3.69. The summed E-state index contributed by atoms with van der Waals surface area (Å²) in [6.07, 6.45) is 10.6. The second-order valence-corrected chi connectivity index (χ2v) is 6.16. The van der Waals surface area contributed by atoms with Crippen molar-refractivity contribution in [3.8, 4) is 0 Å². The van der Waals surface area contributed by atoms with Crippen LogP contribution < -0.4 is 5.32 Å². The molecule has 0 aromatic rings. The fraction of sp³-hybridized carbons (Fsp3) is 1.00. The molecule has 15 heavy (non-hydrogen) atoms. The third-order valence-electron chi connectivity index (χ3n) is 3.50. The van der Waals surface area contributed by atoms with Gasteiger partial charge in [0.2, 0.25) is 0 Å². The largest absolute Gasteiger partial charge is 0.314 e. The van der Waals surface area contributed by atoms with Crippen LogP contribution in [0.3, 0.4) is 0 Å². The Bertz CT molecular complexity index is 161. The molecule has 1 rings (SSSR count). The zero-order chi connectivity index (χ0) is 11.1. The molecule has 1 fully saturated rings. The Labute approximate surface area is 99.8 Å². The summed E-state index contributed by atoms with van der Waals surface area (Å²) in [7, 11) is 0. The van der Waals surface area contributed by atoms with Crippen molar-refractivity contribution < 1.29 is 0 Å². The van der Waals surface area contributed by atoms with Gasteiger partial charge in [0.25, 0.3) is 0 Å². The number of hydrogen-bond acceptors (Lipinski definition) is 2. The van der Waals surface area contributed by atoms with Gasteiger partial charge in [-0.2, -0.15) is 11.8 Å². The average molecular weight is 229 g/mol. The molecule has 0 amide bonds. The smallest absolute Gasteiger partial charge is 0.00777 e. The molecular formula is C13H27NS. The highest BCUT2D eigenvalue weighted by molar-refractivity contribution is 7.99. The van der Waals surface area contributed by atoms with E-state index in [0.29, 0.717) is 0 Å². The Morgan fingerprint density at radius 1 is 1.40 bits per heavy atom. The van der Waals surface area contributed by atoms with Gasteiger partial charge in [-0.3, -0.25) is 0 Å². The van der Waals surface area contributed by atoms with Crippen LogP contribution >= 0.6 is 11.8 Å². The summed E-state index contributed by atoms with van der Waals surface area (Å²) in [5.74, 6) is 0.852. The first kappa shape index (κ1) is 13.4. The van der Waals surface area contributed by atoms with Crippen LogP contribution in [0.2, 0.25) is 0 Å². The summed E-state index contributed by atoms with van der Waals surface area (Å²) in [6, 6.07) is 0.801. The van der Waals surface area contributed by atoms with Gasteiger partial charge in [-0.05, 0) is 44.4 Å². The first-order valence-electron chi connectivity index (χ1n) is 6.52. The van der Waals surface area contributed by atoms with Crippen LogP contribution in [0.5, 0.6) is 0 Å². The topological polar surface area (TPSA) is 12.0 Å². The van der Waals surface area contributed by atoms with E-state index in [-0.39, 0.29) is 0 Å². The molecule has 0 aliphatic heterocycles. The zero-order valence-electron chi connectivity index (χ0n) is 10.6. The van der Waals surface area contributed by atoms with Crippen LogP contribution in [0.15, 0.2) is 0 Å². The molecule has 0 aromatic heterocycles. The van der Waals surface area contributed by atoms with Crippen LogP contribution in [0.4, 0.5) is 0 Å². The molecule has 1 nitrogen and oxygen atoms in total. The van der Waals surface area contributed by atoms with Crippen molar-refractivity contribution in [2.45, 2.75) is 63.7 Å². The summed E-state index contributed by atoms with van der Waals surface area (Å²) < 4.78 is 0.